The largest absolute Gasteiger partial charge is 0.507 e. The van der Waals surface area contributed by atoms with Crippen LogP contribution in [-0.2, 0) is 20.5 Å². The Morgan fingerprint density at radius 2 is 1.63 bits per heavy atom. The van der Waals surface area contributed by atoms with Crippen molar-refractivity contribution in [1.82, 2.24) is 5.48 Å². The highest BCUT2D eigenvalue weighted by atomic mass is 32.2. The normalized spacial score (nSPS) is 13.5. The Balaban J connectivity index is 3.30. The number of benzene rings is 1. The van der Waals surface area contributed by atoms with Gasteiger partial charge in [0.2, 0.25) is 0 Å². The number of thioether (sulfide) groups is 1. The molecule has 0 saturated heterocycles. The van der Waals surface area contributed by atoms with Crippen LogP contribution in [0.15, 0.2) is 17.0 Å². The first-order valence-electron chi connectivity index (χ1n) is 9.88. The molecule has 1 atom stereocenters. The van der Waals surface area contributed by atoms with Crippen LogP contribution >= 0.6 is 11.8 Å². The molecule has 0 aliphatic heterocycles. The Morgan fingerprint density at radius 3 is 2.04 bits per heavy atom. The number of carbonyl (C=O) groups is 1. The van der Waals surface area contributed by atoms with Gasteiger partial charge in [-0.2, -0.15) is 0 Å². The van der Waals surface area contributed by atoms with E-state index in [0.717, 1.165) is 35.3 Å². The van der Waals surface area contributed by atoms with Crippen molar-refractivity contribution in [3.63, 3.8) is 0 Å². The van der Waals surface area contributed by atoms with E-state index in [1.807, 2.05) is 19.1 Å². The maximum absolute atomic E-state index is 12.5. The monoisotopic (exact) mass is 395 g/mol. The van der Waals surface area contributed by atoms with Gasteiger partial charge in [-0.05, 0) is 36.3 Å². The minimum atomic E-state index is -0.221. The molecule has 154 valence electrons. The molecule has 1 rings (SSSR count). The third kappa shape index (κ3) is 7.04. The van der Waals surface area contributed by atoms with Gasteiger partial charge in [0.1, 0.15) is 5.75 Å². The molecule has 0 fully saturated rings. The Hall–Kier alpha value is -1.20. The lowest BCUT2D eigenvalue weighted by molar-refractivity contribution is -0.132. The fourth-order valence-corrected chi connectivity index (χ4v) is 3.97. The number of phenolic OH excluding ortho intramolecular Hbond substituents is 1. The summed E-state index contributed by atoms with van der Waals surface area (Å²) in [6.45, 7) is 17.0. The Bertz CT molecular complexity index is 594. The molecule has 0 spiro atoms. The Morgan fingerprint density at radius 1 is 1.11 bits per heavy atom. The van der Waals surface area contributed by atoms with E-state index < -0.39 is 0 Å². The predicted molar refractivity (Wildman–Crippen MR) is 114 cm³/mol. The van der Waals surface area contributed by atoms with Gasteiger partial charge in [0.15, 0.2) is 0 Å². The molecule has 0 radical (unpaired) electrons. The summed E-state index contributed by atoms with van der Waals surface area (Å²) in [7, 11) is 0. The molecule has 0 aromatic heterocycles. The number of rotatable bonds is 8. The van der Waals surface area contributed by atoms with Crippen molar-refractivity contribution in [3.05, 3.63) is 23.3 Å². The van der Waals surface area contributed by atoms with Gasteiger partial charge in [-0.3, -0.25) is 9.63 Å². The average molecular weight is 396 g/mol. The van der Waals surface area contributed by atoms with Crippen LogP contribution < -0.4 is 5.48 Å². The second-order valence-corrected chi connectivity index (χ2v) is 10.3. The molecule has 0 heterocycles. The average Bonchev–Trinajstić information content (AvgIpc) is 2.55. The van der Waals surface area contributed by atoms with Gasteiger partial charge in [0.25, 0.3) is 5.91 Å². The summed E-state index contributed by atoms with van der Waals surface area (Å²) in [4.78, 5) is 18.7. The van der Waals surface area contributed by atoms with Crippen molar-refractivity contribution in [2.75, 3.05) is 6.61 Å². The predicted octanol–water partition coefficient (Wildman–Crippen LogP) is 5.71. The van der Waals surface area contributed by atoms with E-state index in [1.54, 1.807) is 11.8 Å². The second kappa shape index (κ2) is 9.83. The summed E-state index contributed by atoms with van der Waals surface area (Å²) in [5.41, 5.74) is 4.01. The van der Waals surface area contributed by atoms with Crippen molar-refractivity contribution in [2.24, 2.45) is 0 Å². The molecule has 0 bridgehead atoms. The second-order valence-electron chi connectivity index (χ2n) is 9.02. The van der Waals surface area contributed by atoms with Crippen LogP contribution in [0.5, 0.6) is 5.75 Å². The van der Waals surface area contributed by atoms with E-state index in [1.165, 1.54) is 0 Å². The van der Waals surface area contributed by atoms with Crippen LogP contribution in [0.25, 0.3) is 0 Å². The van der Waals surface area contributed by atoms with Crippen LogP contribution in [0.4, 0.5) is 0 Å². The molecule has 1 aromatic carbocycles. The smallest absolute Gasteiger partial charge is 0.257 e. The summed E-state index contributed by atoms with van der Waals surface area (Å²) >= 11 is 1.55. The first-order chi connectivity index (χ1) is 12.4. The van der Waals surface area contributed by atoms with E-state index >= 15 is 0 Å². The number of aromatic hydroxyl groups is 1. The number of amides is 1. The fraction of sp³-hybridized carbons (Fsp3) is 0.682. The number of nitrogens with one attached hydrogen (secondary N) is 1. The lowest BCUT2D eigenvalue weighted by Crippen LogP contribution is -2.32. The summed E-state index contributed by atoms with van der Waals surface area (Å²) < 4.78 is 0. The molecule has 4 nitrogen and oxygen atoms in total. The molecule has 27 heavy (non-hydrogen) atoms. The van der Waals surface area contributed by atoms with Gasteiger partial charge >= 0.3 is 0 Å². The number of unbranched alkanes of at least 4 members (excludes halogenated alkanes) is 1. The van der Waals surface area contributed by atoms with Gasteiger partial charge in [-0.15, -0.1) is 11.8 Å². The zero-order valence-corrected chi connectivity index (χ0v) is 19.0. The molecule has 2 N–H and O–H groups in total. The quantitative estimate of drug-likeness (QED) is 0.437. The molecule has 0 saturated carbocycles. The summed E-state index contributed by atoms with van der Waals surface area (Å²) in [6, 6.07) is 4.06. The third-order valence-electron chi connectivity index (χ3n) is 4.41. The van der Waals surface area contributed by atoms with E-state index in [2.05, 4.69) is 53.9 Å². The number of phenols is 1. The number of carbonyl (C=O) groups excluding carboxylic acids is 1. The molecule has 0 aliphatic rings. The van der Waals surface area contributed by atoms with Gasteiger partial charge < -0.3 is 5.11 Å². The van der Waals surface area contributed by atoms with E-state index in [4.69, 9.17) is 4.84 Å². The number of hydroxylamine groups is 1. The SMILES string of the molecule is CCCCC(Sc1cc(C(C)(C)C)c(O)c(C(C)(C)C)c1)C(=O)NOCC. The summed E-state index contributed by atoms with van der Waals surface area (Å²) in [5, 5.41) is 10.7. The number of hydrogen-bond acceptors (Lipinski definition) is 4. The van der Waals surface area contributed by atoms with Crippen molar-refractivity contribution < 1.29 is 14.7 Å². The van der Waals surface area contributed by atoms with Crippen LogP contribution in [0.3, 0.4) is 0 Å². The van der Waals surface area contributed by atoms with Crippen molar-refractivity contribution in [1.29, 1.82) is 0 Å². The van der Waals surface area contributed by atoms with Gasteiger partial charge in [-0.1, -0.05) is 61.3 Å². The first-order valence-corrected chi connectivity index (χ1v) is 10.8. The Kier molecular flexibility index (Phi) is 8.68. The minimum absolute atomic E-state index is 0.0991. The lowest BCUT2D eigenvalue weighted by Gasteiger charge is -2.28. The molecular formula is C22H37NO3S. The van der Waals surface area contributed by atoms with Crippen LogP contribution in [0.2, 0.25) is 0 Å². The maximum Gasteiger partial charge on any atom is 0.257 e. The minimum Gasteiger partial charge on any atom is -0.507 e. The van der Waals surface area contributed by atoms with Crippen LogP contribution in [0, 0.1) is 0 Å². The molecule has 1 amide bonds. The maximum atomic E-state index is 12.5. The van der Waals surface area contributed by atoms with E-state index in [-0.39, 0.29) is 22.0 Å². The van der Waals surface area contributed by atoms with Gasteiger partial charge in [0, 0.05) is 16.0 Å². The van der Waals surface area contributed by atoms with Crippen LogP contribution in [0.1, 0.15) is 85.8 Å². The van der Waals surface area contributed by atoms with Crippen LogP contribution in [-0.4, -0.2) is 22.9 Å². The Labute approximate surface area is 169 Å². The van der Waals surface area contributed by atoms with E-state index in [9.17, 15) is 9.90 Å². The van der Waals surface area contributed by atoms with E-state index in [0.29, 0.717) is 12.4 Å². The zero-order chi connectivity index (χ0) is 20.8. The topological polar surface area (TPSA) is 58.6 Å². The highest BCUT2D eigenvalue weighted by Gasteiger charge is 2.28. The molecular weight excluding hydrogens is 358 g/mol. The van der Waals surface area contributed by atoms with Gasteiger partial charge in [-0.25, -0.2) is 5.48 Å². The number of hydrogen-bond donors (Lipinski definition) is 2. The summed E-state index contributed by atoms with van der Waals surface area (Å²) in [5.74, 6) is 0.265. The molecule has 5 heteroatoms. The fourth-order valence-electron chi connectivity index (χ4n) is 2.83. The van der Waals surface area contributed by atoms with Gasteiger partial charge in [0.05, 0.1) is 11.9 Å². The molecule has 0 aliphatic carbocycles. The van der Waals surface area contributed by atoms with Crippen molar-refractivity contribution >= 4 is 17.7 Å². The van der Waals surface area contributed by atoms with Crippen molar-refractivity contribution in [3.8, 4) is 5.75 Å². The lowest BCUT2D eigenvalue weighted by atomic mass is 9.79. The molecule has 1 unspecified atom stereocenters. The first kappa shape index (κ1) is 23.8. The standard InChI is InChI=1S/C22H37NO3S/c1-9-11-12-18(20(25)23-26-10-2)27-15-13-16(21(3,4)5)19(24)17(14-15)22(6,7)8/h13-14,18,24H,9-12H2,1-8H3,(H,23,25). The zero-order valence-electron chi connectivity index (χ0n) is 18.2. The highest BCUT2D eigenvalue weighted by molar-refractivity contribution is 8.00. The third-order valence-corrected chi connectivity index (χ3v) is 5.65. The molecule has 1 aromatic rings. The van der Waals surface area contributed by atoms with Crippen molar-refractivity contribution in [2.45, 2.75) is 95.6 Å². The summed E-state index contributed by atoms with van der Waals surface area (Å²) in [6.07, 6.45) is 2.80. The highest BCUT2D eigenvalue weighted by Crippen LogP contribution is 2.42.